The summed E-state index contributed by atoms with van der Waals surface area (Å²) in [4.78, 5) is 11.8. The molecular weight excluding hydrogens is 310 g/mol. The average Bonchev–Trinajstić information content (AvgIpc) is 2.70. The standard InChI is InChI=1S/C12H7BrClFO2/c13-8-1-2-10(15)7(5-8)6-11(16)9-3-4-17-12(9)14/h1-5H,6H2. The van der Waals surface area contributed by atoms with E-state index in [1.807, 2.05) is 0 Å². The van der Waals surface area contributed by atoms with E-state index in [0.29, 0.717) is 5.56 Å². The second kappa shape index (κ2) is 5.02. The molecule has 17 heavy (non-hydrogen) atoms. The van der Waals surface area contributed by atoms with E-state index in [0.717, 1.165) is 4.47 Å². The maximum atomic E-state index is 13.4. The predicted molar refractivity (Wildman–Crippen MR) is 65.9 cm³/mol. The Morgan fingerprint density at radius 3 is 2.82 bits per heavy atom. The van der Waals surface area contributed by atoms with E-state index in [1.54, 1.807) is 12.1 Å². The fourth-order valence-electron chi connectivity index (χ4n) is 1.44. The first kappa shape index (κ1) is 12.3. The zero-order chi connectivity index (χ0) is 12.4. The lowest BCUT2D eigenvalue weighted by Gasteiger charge is -2.02. The van der Waals surface area contributed by atoms with E-state index in [2.05, 4.69) is 15.9 Å². The largest absolute Gasteiger partial charge is 0.452 e. The van der Waals surface area contributed by atoms with E-state index < -0.39 is 5.82 Å². The van der Waals surface area contributed by atoms with Crippen LogP contribution in [-0.4, -0.2) is 5.78 Å². The smallest absolute Gasteiger partial charge is 0.203 e. The van der Waals surface area contributed by atoms with Crippen molar-refractivity contribution in [2.24, 2.45) is 0 Å². The molecule has 0 amide bonds. The van der Waals surface area contributed by atoms with Gasteiger partial charge in [0.2, 0.25) is 5.22 Å². The number of carbonyl (C=O) groups is 1. The summed E-state index contributed by atoms with van der Waals surface area (Å²) in [6.45, 7) is 0. The second-order valence-electron chi connectivity index (χ2n) is 3.44. The van der Waals surface area contributed by atoms with Crippen molar-refractivity contribution in [3.63, 3.8) is 0 Å². The Kier molecular flexibility index (Phi) is 3.64. The summed E-state index contributed by atoms with van der Waals surface area (Å²) in [5, 5.41) is 0.0328. The third-order valence-corrected chi connectivity index (χ3v) is 3.06. The van der Waals surface area contributed by atoms with Gasteiger partial charge in [-0.1, -0.05) is 15.9 Å². The van der Waals surface area contributed by atoms with Crippen LogP contribution in [0, 0.1) is 5.82 Å². The lowest BCUT2D eigenvalue weighted by molar-refractivity contribution is 0.0991. The van der Waals surface area contributed by atoms with E-state index in [1.165, 1.54) is 18.4 Å². The van der Waals surface area contributed by atoms with Crippen LogP contribution in [0.25, 0.3) is 0 Å². The Balaban J connectivity index is 2.24. The molecule has 0 fully saturated rings. The Hall–Kier alpha value is -1.13. The molecule has 0 aliphatic heterocycles. The molecule has 2 rings (SSSR count). The molecule has 0 aliphatic rings. The van der Waals surface area contributed by atoms with Crippen LogP contribution < -0.4 is 0 Å². The molecule has 0 bridgehead atoms. The minimum absolute atomic E-state index is 0.0328. The molecule has 5 heteroatoms. The number of benzene rings is 1. The summed E-state index contributed by atoms with van der Waals surface area (Å²) in [6, 6.07) is 5.93. The minimum Gasteiger partial charge on any atom is -0.452 e. The molecule has 1 heterocycles. The molecule has 1 aromatic carbocycles. The summed E-state index contributed by atoms with van der Waals surface area (Å²) in [5.74, 6) is -0.693. The maximum Gasteiger partial charge on any atom is 0.203 e. The molecule has 1 aromatic heterocycles. The second-order valence-corrected chi connectivity index (χ2v) is 4.70. The fourth-order valence-corrected chi connectivity index (χ4v) is 2.07. The highest BCUT2D eigenvalue weighted by molar-refractivity contribution is 9.10. The Morgan fingerprint density at radius 1 is 1.41 bits per heavy atom. The van der Waals surface area contributed by atoms with Crippen LogP contribution >= 0.6 is 27.5 Å². The van der Waals surface area contributed by atoms with Gasteiger partial charge in [-0.25, -0.2) is 4.39 Å². The summed E-state index contributed by atoms with van der Waals surface area (Å²) >= 11 is 8.91. The molecule has 2 nitrogen and oxygen atoms in total. The molecule has 0 radical (unpaired) electrons. The van der Waals surface area contributed by atoms with Crippen LogP contribution in [0.3, 0.4) is 0 Å². The highest BCUT2D eigenvalue weighted by atomic mass is 79.9. The van der Waals surface area contributed by atoms with Crippen molar-refractivity contribution in [1.82, 2.24) is 0 Å². The zero-order valence-corrected chi connectivity index (χ0v) is 10.9. The van der Waals surface area contributed by atoms with Crippen molar-refractivity contribution >= 4 is 33.3 Å². The van der Waals surface area contributed by atoms with Gasteiger partial charge >= 0.3 is 0 Å². The first-order valence-electron chi connectivity index (χ1n) is 4.78. The number of halogens is 3. The lowest BCUT2D eigenvalue weighted by Crippen LogP contribution is -2.04. The molecule has 88 valence electrons. The van der Waals surface area contributed by atoms with Gasteiger partial charge in [-0.2, -0.15) is 0 Å². The average molecular weight is 318 g/mol. The molecule has 0 aliphatic carbocycles. The van der Waals surface area contributed by atoms with Crippen molar-refractivity contribution in [2.45, 2.75) is 6.42 Å². The third-order valence-electron chi connectivity index (χ3n) is 2.28. The highest BCUT2D eigenvalue weighted by Crippen LogP contribution is 2.21. The van der Waals surface area contributed by atoms with Crippen LogP contribution in [0.15, 0.2) is 39.4 Å². The van der Waals surface area contributed by atoms with Crippen LogP contribution in [0.2, 0.25) is 5.22 Å². The topological polar surface area (TPSA) is 30.2 Å². The number of hydrogen-bond acceptors (Lipinski definition) is 2. The number of hydrogen-bond donors (Lipinski definition) is 0. The molecule has 0 unspecified atom stereocenters. The monoisotopic (exact) mass is 316 g/mol. The van der Waals surface area contributed by atoms with E-state index in [9.17, 15) is 9.18 Å². The van der Waals surface area contributed by atoms with Crippen LogP contribution in [0.1, 0.15) is 15.9 Å². The summed E-state index contributed by atoms with van der Waals surface area (Å²) in [6.07, 6.45) is 1.28. The highest BCUT2D eigenvalue weighted by Gasteiger charge is 2.15. The van der Waals surface area contributed by atoms with Gasteiger partial charge in [0.1, 0.15) is 5.82 Å². The molecule has 0 saturated carbocycles. The Labute approximate surface area is 111 Å². The number of carbonyl (C=O) groups excluding carboxylic acids is 1. The number of rotatable bonds is 3. The van der Waals surface area contributed by atoms with Gasteiger partial charge in [0.25, 0.3) is 0 Å². The Bertz CT molecular complexity index is 565. The van der Waals surface area contributed by atoms with Crippen molar-refractivity contribution in [3.8, 4) is 0 Å². The third kappa shape index (κ3) is 2.76. The molecule has 0 saturated heterocycles. The summed E-state index contributed by atoms with van der Waals surface area (Å²) < 4.78 is 19.0. The van der Waals surface area contributed by atoms with E-state index in [-0.39, 0.29) is 23.0 Å². The minimum atomic E-state index is -0.416. The van der Waals surface area contributed by atoms with Crippen LogP contribution in [0.5, 0.6) is 0 Å². The number of furan rings is 1. The van der Waals surface area contributed by atoms with Gasteiger partial charge in [0.05, 0.1) is 11.8 Å². The van der Waals surface area contributed by atoms with Gasteiger partial charge in [-0.15, -0.1) is 0 Å². The Morgan fingerprint density at radius 2 is 2.18 bits per heavy atom. The van der Waals surface area contributed by atoms with Gasteiger partial charge in [0, 0.05) is 10.9 Å². The van der Waals surface area contributed by atoms with E-state index in [4.69, 9.17) is 16.0 Å². The fraction of sp³-hybridized carbons (Fsp3) is 0.0833. The van der Waals surface area contributed by atoms with Crippen molar-refractivity contribution < 1.29 is 13.6 Å². The molecular formula is C12H7BrClFO2. The van der Waals surface area contributed by atoms with Crippen LogP contribution in [0.4, 0.5) is 4.39 Å². The number of Topliss-reactive ketones (excluding diaryl/α,β-unsaturated/α-hetero) is 1. The van der Waals surface area contributed by atoms with Crippen molar-refractivity contribution in [1.29, 1.82) is 0 Å². The van der Waals surface area contributed by atoms with Gasteiger partial charge in [-0.3, -0.25) is 4.79 Å². The lowest BCUT2D eigenvalue weighted by atomic mass is 10.1. The maximum absolute atomic E-state index is 13.4. The first-order chi connectivity index (χ1) is 8.08. The van der Waals surface area contributed by atoms with Crippen molar-refractivity contribution in [3.05, 3.63) is 57.2 Å². The van der Waals surface area contributed by atoms with Gasteiger partial charge in [0.15, 0.2) is 5.78 Å². The van der Waals surface area contributed by atoms with Gasteiger partial charge in [-0.05, 0) is 41.4 Å². The molecule has 0 N–H and O–H groups in total. The zero-order valence-electron chi connectivity index (χ0n) is 8.54. The summed E-state index contributed by atoms with van der Waals surface area (Å²) in [5.41, 5.74) is 0.590. The number of ketones is 1. The predicted octanol–water partition coefficient (Wildman–Crippen LogP) is 4.26. The quantitative estimate of drug-likeness (QED) is 0.792. The summed E-state index contributed by atoms with van der Waals surface area (Å²) in [7, 11) is 0. The van der Waals surface area contributed by atoms with Crippen molar-refractivity contribution in [2.75, 3.05) is 0 Å². The molecule has 0 atom stereocenters. The van der Waals surface area contributed by atoms with Gasteiger partial charge < -0.3 is 4.42 Å². The first-order valence-corrected chi connectivity index (χ1v) is 5.95. The van der Waals surface area contributed by atoms with Crippen LogP contribution in [-0.2, 0) is 6.42 Å². The molecule has 2 aromatic rings. The van der Waals surface area contributed by atoms with E-state index >= 15 is 0 Å². The SMILES string of the molecule is O=C(Cc1cc(Br)ccc1F)c1ccoc1Cl. The normalized spacial score (nSPS) is 10.5. The molecule has 0 spiro atoms.